The quantitative estimate of drug-likeness (QED) is 0.192. The Balaban J connectivity index is 1.38. The molecule has 196 valence electrons. The maximum atomic E-state index is 11.4. The third-order valence-corrected chi connectivity index (χ3v) is 6.51. The van der Waals surface area contributed by atoms with Crippen LogP contribution in [0.2, 0.25) is 0 Å². The highest BCUT2D eigenvalue weighted by atomic mass is 16.6. The molecule has 4 nitrogen and oxygen atoms in total. The molecule has 1 atom stereocenters. The molecule has 1 unspecified atom stereocenters. The van der Waals surface area contributed by atoms with Crippen molar-refractivity contribution in [3.05, 3.63) is 119 Å². The van der Waals surface area contributed by atoms with Crippen molar-refractivity contribution >= 4 is 23.0 Å². The highest BCUT2D eigenvalue weighted by molar-refractivity contribution is 5.76. The lowest BCUT2D eigenvalue weighted by Crippen LogP contribution is -2.21. The molecule has 0 aliphatic carbocycles. The second-order valence-electron chi connectivity index (χ2n) is 9.78. The number of hydrogen-bond donors (Lipinski definition) is 0. The average molecular weight is 508 g/mol. The van der Waals surface area contributed by atoms with Gasteiger partial charge in [-0.05, 0) is 93.3 Å². The molecule has 4 aromatic rings. The number of carbonyl (C=O) groups is 1. The van der Waals surface area contributed by atoms with Crippen molar-refractivity contribution < 1.29 is 14.3 Å². The van der Waals surface area contributed by atoms with Crippen LogP contribution in [0.25, 0.3) is 0 Å². The molecule has 0 aliphatic heterocycles. The molecule has 0 aliphatic rings. The lowest BCUT2D eigenvalue weighted by atomic mass is 10.0. The third-order valence-electron chi connectivity index (χ3n) is 6.51. The van der Waals surface area contributed by atoms with Gasteiger partial charge in [0.15, 0.2) is 0 Å². The van der Waals surface area contributed by atoms with Crippen molar-refractivity contribution in [3.63, 3.8) is 0 Å². The summed E-state index contributed by atoms with van der Waals surface area (Å²) < 4.78 is 11.0. The largest absolute Gasteiger partial charge is 0.490 e. The number of carbonyl (C=O) groups excluding carboxylic acids is 1. The first-order valence-corrected chi connectivity index (χ1v) is 13.3. The second kappa shape index (κ2) is 13.0. The molecule has 0 bridgehead atoms. The van der Waals surface area contributed by atoms with Gasteiger partial charge in [0.05, 0.1) is 0 Å². The Labute approximate surface area is 226 Å². The summed E-state index contributed by atoms with van der Waals surface area (Å²) in [5.41, 5.74) is 8.49. The monoisotopic (exact) mass is 507 g/mol. The Morgan fingerprint density at radius 3 is 1.55 bits per heavy atom. The first-order chi connectivity index (χ1) is 18.4. The van der Waals surface area contributed by atoms with Gasteiger partial charge in [-0.2, -0.15) is 0 Å². The van der Waals surface area contributed by atoms with Gasteiger partial charge in [-0.3, -0.25) is 4.79 Å². The topological polar surface area (TPSA) is 38.8 Å². The van der Waals surface area contributed by atoms with Crippen LogP contribution < -0.4 is 9.64 Å². The van der Waals surface area contributed by atoms with E-state index >= 15 is 0 Å². The van der Waals surface area contributed by atoms with Crippen LogP contribution in [0.1, 0.15) is 42.5 Å². The predicted molar refractivity (Wildman–Crippen MR) is 156 cm³/mol. The summed E-state index contributed by atoms with van der Waals surface area (Å²) in [6.45, 7) is 8.20. The lowest BCUT2D eigenvalue weighted by Gasteiger charge is -2.26. The number of esters is 1. The molecular formula is C34H37NO3. The lowest BCUT2D eigenvalue weighted by molar-refractivity contribution is -0.149. The minimum Gasteiger partial charge on any atom is -0.490 e. The van der Waals surface area contributed by atoms with Crippen molar-refractivity contribution in [3.8, 4) is 5.75 Å². The van der Waals surface area contributed by atoms with Gasteiger partial charge in [0.1, 0.15) is 18.5 Å². The Morgan fingerprint density at radius 1 is 0.684 bits per heavy atom. The van der Waals surface area contributed by atoms with Gasteiger partial charge in [-0.15, -0.1) is 0 Å². The van der Waals surface area contributed by atoms with E-state index in [9.17, 15) is 4.79 Å². The van der Waals surface area contributed by atoms with Gasteiger partial charge in [0, 0.05) is 23.5 Å². The number of anilines is 3. The Kier molecular flexibility index (Phi) is 9.21. The maximum absolute atomic E-state index is 11.4. The van der Waals surface area contributed by atoms with Crippen LogP contribution in [-0.4, -0.2) is 18.7 Å². The smallest absolute Gasteiger partial charge is 0.305 e. The van der Waals surface area contributed by atoms with Crippen molar-refractivity contribution in [2.75, 3.05) is 11.5 Å². The zero-order valence-corrected chi connectivity index (χ0v) is 22.8. The van der Waals surface area contributed by atoms with Crippen LogP contribution in [-0.2, 0) is 22.4 Å². The van der Waals surface area contributed by atoms with Gasteiger partial charge in [0.25, 0.3) is 0 Å². The van der Waals surface area contributed by atoms with Crippen LogP contribution in [0.15, 0.2) is 97.1 Å². The standard InChI is InChI=1S/C34H37NO3/c1-5-34(36)38-27(4)24-37-33-22-14-29(15-23-33)11-10-28-12-20-32(21-13-28)35(30-16-6-25(2)7-17-30)31-18-8-26(3)9-19-31/h6-9,12-23,27H,5,10-11,24H2,1-4H3. The summed E-state index contributed by atoms with van der Waals surface area (Å²) in [6.07, 6.45) is 2.01. The zero-order valence-electron chi connectivity index (χ0n) is 22.8. The molecule has 0 amide bonds. The van der Waals surface area contributed by atoms with E-state index in [4.69, 9.17) is 9.47 Å². The predicted octanol–water partition coefficient (Wildman–Crippen LogP) is 8.28. The maximum Gasteiger partial charge on any atom is 0.305 e. The van der Waals surface area contributed by atoms with Gasteiger partial charge in [-0.25, -0.2) is 0 Å². The van der Waals surface area contributed by atoms with E-state index in [0.29, 0.717) is 13.0 Å². The summed E-state index contributed by atoms with van der Waals surface area (Å²) in [5, 5.41) is 0. The van der Waals surface area contributed by atoms with Crippen LogP contribution in [0.5, 0.6) is 5.75 Å². The molecule has 0 aromatic heterocycles. The summed E-state index contributed by atoms with van der Waals surface area (Å²) in [7, 11) is 0. The molecule has 0 fully saturated rings. The van der Waals surface area contributed by atoms with E-state index in [0.717, 1.165) is 35.7 Å². The van der Waals surface area contributed by atoms with Crippen LogP contribution >= 0.6 is 0 Å². The molecule has 0 heterocycles. The van der Waals surface area contributed by atoms with Crippen molar-refractivity contribution in [1.82, 2.24) is 0 Å². The van der Waals surface area contributed by atoms with E-state index < -0.39 is 0 Å². The molecule has 4 rings (SSSR count). The number of aryl methyl sites for hydroxylation is 4. The fourth-order valence-electron chi connectivity index (χ4n) is 4.24. The highest BCUT2D eigenvalue weighted by Crippen LogP contribution is 2.34. The summed E-state index contributed by atoms with van der Waals surface area (Å²) >= 11 is 0. The van der Waals surface area contributed by atoms with Gasteiger partial charge in [0.2, 0.25) is 0 Å². The minimum absolute atomic E-state index is 0.206. The van der Waals surface area contributed by atoms with E-state index in [1.165, 1.54) is 22.3 Å². The second-order valence-corrected chi connectivity index (χ2v) is 9.78. The summed E-state index contributed by atoms with van der Waals surface area (Å²) in [4.78, 5) is 13.7. The molecule has 0 radical (unpaired) electrons. The summed E-state index contributed by atoms with van der Waals surface area (Å²) in [5.74, 6) is 0.576. The fourth-order valence-corrected chi connectivity index (χ4v) is 4.24. The normalized spacial score (nSPS) is 11.6. The van der Waals surface area contributed by atoms with E-state index in [-0.39, 0.29) is 12.1 Å². The third kappa shape index (κ3) is 7.48. The van der Waals surface area contributed by atoms with Gasteiger partial charge < -0.3 is 14.4 Å². The molecule has 0 saturated carbocycles. The van der Waals surface area contributed by atoms with Crippen LogP contribution in [0.3, 0.4) is 0 Å². The molecule has 38 heavy (non-hydrogen) atoms. The summed E-state index contributed by atoms with van der Waals surface area (Å²) in [6, 6.07) is 34.3. The molecule has 4 heteroatoms. The average Bonchev–Trinajstić information content (AvgIpc) is 2.94. The van der Waals surface area contributed by atoms with Crippen LogP contribution in [0.4, 0.5) is 17.1 Å². The highest BCUT2D eigenvalue weighted by Gasteiger charge is 2.12. The number of ether oxygens (including phenoxy) is 2. The molecule has 0 saturated heterocycles. The zero-order chi connectivity index (χ0) is 26.9. The number of nitrogens with zero attached hydrogens (tertiary/aromatic N) is 1. The molecular weight excluding hydrogens is 470 g/mol. The fraction of sp³-hybridized carbons (Fsp3) is 0.265. The van der Waals surface area contributed by atoms with E-state index in [1.807, 2.05) is 19.1 Å². The molecule has 4 aromatic carbocycles. The molecule has 0 N–H and O–H groups in total. The Morgan fingerprint density at radius 2 is 1.11 bits per heavy atom. The first kappa shape index (κ1) is 27.0. The van der Waals surface area contributed by atoms with Crippen LogP contribution in [0, 0.1) is 13.8 Å². The first-order valence-electron chi connectivity index (χ1n) is 13.3. The number of benzene rings is 4. The van der Waals surface area contributed by atoms with Gasteiger partial charge in [-0.1, -0.05) is 66.6 Å². The van der Waals surface area contributed by atoms with Crippen molar-refractivity contribution in [2.24, 2.45) is 0 Å². The van der Waals surface area contributed by atoms with Crippen molar-refractivity contribution in [1.29, 1.82) is 0 Å². The van der Waals surface area contributed by atoms with E-state index in [2.05, 4.69) is 104 Å². The number of hydrogen-bond acceptors (Lipinski definition) is 4. The van der Waals surface area contributed by atoms with E-state index in [1.54, 1.807) is 6.92 Å². The SMILES string of the molecule is CCC(=O)OC(C)COc1ccc(CCc2ccc(N(c3ccc(C)cc3)c3ccc(C)cc3)cc2)cc1. The van der Waals surface area contributed by atoms with Gasteiger partial charge >= 0.3 is 5.97 Å². The Bertz CT molecular complexity index is 1250. The minimum atomic E-state index is -0.266. The van der Waals surface area contributed by atoms with Crippen molar-refractivity contribution in [2.45, 2.75) is 53.1 Å². The molecule has 0 spiro atoms. The Hall–Kier alpha value is -4.05. The number of rotatable bonds is 11.